The monoisotopic (exact) mass is 640 g/mol. The highest BCUT2D eigenvalue weighted by atomic mass is 19.1. The molecule has 2 aliphatic carbocycles. The number of nitrogen functional groups attached to an aromatic ring is 1. The number of nitrogens with one attached hydrogen (secondary N) is 1. The van der Waals surface area contributed by atoms with Crippen molar-refractivity contribution < 1.29 is 33.1 Å². The van der Waals surface area contributed by atoms with Crippen molar-refractivity contribution in [3.8, 4) is 0 Å². The van der Waals surface area contributed by atoms with E-state index in [-0.39, 0.29) is 35.3 Å². The molecular formula is C38H38F2N2O5. The lowest BCUT2D eigenvalue weighted by Gasteiger charge is -2.17. The third kappa shape index (κ3) is 8.97. The summed E-state index contributed by atoms with van der Waals surface area (Å²) in [6, 6.07) is 20.4. The summed E-state index contributed by atoms with van der Waals surface area (Å²) in [5.74, 6) is -1.77. The van der Waals surface area contributed by atoms with Gasteiger partial charge in [0.1, 0.15) is 23.2 Å². The van der Waals surface area contributed by atoms with Crippen LogP contribution in [0.25, 0.3) is 0 Å². The topological polar surface area (TPSA) is 127 Å². The molecule has 0 aliphatic heterocycles. The van der Waals surface area contributed by atoms with Crippen LogP contribution in [0.1, 0.15) is 80.8 Å². The number of Topliss-reactive ketones (excluding diaryl/α,β-unsaturated/α-hetero) is 2. The molecule has 244 valence electrons. The van der Waals surface area contributed by atoms with Crippen molar-refractivity contribution in [2.45, 2.75) is 65.2 Å². The third-order valence-electron chi connectivity index (χ3n) is 8.25. The Kier molecular flexibility index (Phi) is 11.7. The van der Waals surface area contributed by atoms with Crippen LogP contribution in [0.15, 0.2) is 72.8 Å². The van der Waals surface area contributed by atoms with E-state index in [1.807, 2.05) is 38.1 Å². The highest BCUT2D eigenvalue weighted by molar-refractivity contribution is 6.05. The summed E-state index contributed by atoms with van der Waals surface area (Å²) >= 11 is 0. The molecule has 1 amide bonds. The summed E-state index contributed by atoms with van der Waals surface area (Å²) in [6.07, 6.45) is 4.46. The maximum atomic E-state index is 14.2. The number of carboxylic acid groups (broad SMARTS) is 1. The van der Waals surface area contributed by atoms with E-state index in [9.17, 15) is 28.0 Å². The Morgan fingerprint density at radius 2 is 1.19 bits per heavy atom. The Morgan fingerprint density at radius 1 is 0.702 bits per heavy atom. The first-order valence-electron chi connectivity index (χ1n) is 15.6. The van der Waals surface area contributed by atoms with Crippen LogP contribution in [0.4, 0.5) is 20.2 Å². The Labute approximate surface area is 272 Å². The van der Waals surface area contributed by atoms with Crippen LogP contribution in [0, 0.1) is 11.6 Å². The van der Waals surface area contributed by atoms with Crippen LogP contribution in [0.2, 0.25) is 0 Å². The summed E-state index contributed by atoms with van der Waals surface area (Å²) in [4.78, 5) is 45.5. The lowest BCUT2D eigenvalue weighted by atomic mass is 9.90. The smallest absolute Gasteiger partial charge is 0.335 e. The fraction of sp³-hybridized carbons (Fsp3) is 0.263. The average molecular weight is 641 g/mol. The molecule has 6 rings (SSSR count). The van der Waals surface area contributed by atoms with Gasteiger partial charge >= 0.3 is 5.97 Å². The SMILES string of the molecule is CCc1ccccc1C(=O)Nc1cc2c(cc1F)CC(=O)CC2.CCc1ccccc1C(=O)O.Nc1cc2c(cc1F)CC(=O)CC2. The molecule has 4 N–H and O–H groups in total. The molecule has 9 heteroatoms. The van der Waals surface area contributed by atoms with E-state index in [0.717, 1.165) is 46.2 Å². The van der Waals surface area contributed by atoms with Gasteiger partial charge in [-0.05, 0) is 95.5 Å². The van der Waals surface area contributed by atoms with Gasteiger partial charge in [0, 0.05) is 31.2 Å². The van der Waals surface area contributed by atoms with Crippen LogP contribution in [-0.2, 0) is 48.1 Å². The largest absolute Gasteiger partial charge is 0.478 e. The molecule has 0 spiro atoms. The van der Waals surface area contributed by atoms with Gasteiger partial charge in [-0.15, -0.1) is 0 Å². The van der Waals surface area contributed by atoms with E-state index >= 15 is 0 Å². The number of amides is 1. The van der Waals surface area contributed by atoms with E-state index in [0.29, 0.717) is 43.2 Å². The van der Waals surface area contributed by atoms with Gasteiger partial charge in [-0.2, -0.15) is 0 Å². The zero-order chi connectivity index (χ0) is 34.1. The molecule has 7 nitrogen and oxygen atoms in total. The molecule has 0 aromatic heterocycles. The summed E-state index contributed by atoms with van der Waals surface area (Å²) in [7, 11) is 0. The number of aryl methyl sites for hydroxylation is 4. The number of benzene rings is 4. The first kappa shape index (κ1) is 34.7. The van der Waals surface area contributed by atoms with Crippen molar-refractivity contribution in [3.05, 3.63) is 129 Å². The van der Waals surface area contributed by atoms with Crippen LogP contribution in [0.3, 0.4) is 0 Å². The quantitative estimate of drug-likeness (QED) is 0.200. The number of hydrogen-bond acceptors (Lipinski definition) is 5. The number of nitrogens with two attached hydrogens (primary N) is 1. The molecule has 47 heavy (non-hydrogen) atoms. The highest BCUT2D eigenvalue weighted by Crippen LogP contribution is 2.27. The first-order valence-corrected chi connectivity index (χ1v) is 15.6. The first-order chi connectivity index (χ1) is 22.5. The Morgan fingerprint density at radius 3 is 1.72 bits per heavy atom. The number of carboxylic acids is 1. The van der Waals surface area contributed by atoms with E-state index < -0.39 is 17.6 Å². The fourth-order valence-electron chi connectivity index (χ4n) is 5.65. The summed E-state index contributed by atoms with van der Waals surface area (Å²) in [5, 5.41) is 11.4. The van der Waals surface area contributed by atoms with E-state index in [2.05, 4.69) is 5.32 Å². The van der Waals surface area contributed by atoms with Crippen molar-refractivity contribution in [2.75, 3.05) is 11.1 Å². The molecule has 0 saturated carbocycles. The van der Waals surface area contributed by atoms with Crippen molar-refractivity contribution in [2.24, 2.45) is 0 Å². The lowest BCUT2D eigenvalue weighted by molar-refractivity contribution is -0.119. The van der Waals surface area contributed by atoms with Crippen LogP contribution in [0.5, 0.6) is 0 Å². The third-order valence-corrected chi connectivity index (χ3v) is 8.25. The number of fused-ring (bicyclic) bond motifs is 2. The van der Waals surface area contributed by atoms with Gasteiger partial charge in [0.2, 0.25) is 0 Å². The normalized spacial score (nSPS) is 13.2. The fourth-order valence-corrected chi connectivity index (χ4v) is 5.65. The van der Waals surface area contributed by atoms with Gasteiger partial charge in [-0.25, -0.2) is 13.6 Å². The number of halogens is 2. The van der Waals surface area contributed by atoms with Crippen LogP contribution >= 0.6 is 0 Å². The molecule has 0 atom stereocenters. The molecule has 4 aromatic rings. The standard InChI is InChI=1S/C19H18FNO2.C10H10FNO.C9H10O2/c1-2-12-5-3-4-6-16(12)19(23)21-18-11-13-7-8-15(22)9-14(13)10-17(18)20;11-9-4-7-3-8(13)2-1-6(7)5-10(9)12;1-2-7-5-3-4-6-8(7)9(10)11/h3-6,10-11H,2,7-9H2,1H3,(H,21,23);4-5H,1-3,12H2;3-6H,2H2,1H3,(H,10,11). The van der Waals surface area contributed by atoms with Gasteiger partial charge in [-0.1, -0.05) is 50.2 Å². The van der Waals surface area contributed by atoms with Crippen molar-refractivity contribution in [1.82, 2.24) is 0 Å². The van der Waals surface area contributed by atoms with Gasteiger partial charge in [0.15, 0.2) is 0 Å². The van der Waals surface area contributed by atoms with Gasteiger partial charge in [-0.3, -0.25) is 14.4 Å². The van der Waals surface area contributed by atoms with Gasteiger partial charge < -0.3 is 16.2 Å². The number of hydrogen-bond donors (Lipinski definition) is 3. The zero-order valence-corrected chi connectivity index (χ0v) is 26.5. The number of anilines is 2. The maximum absolute atomic E-state index is 14.2. The number of carbonyl (C=O) groups is 4. The summed E-state index contributed by atoms with van der Waals surface area (Å²) in [5.41, 5.74) is 12.0. The predicted molar refractivity (Wildman–Crippen MR) is 178 cm³/mol. The molecule has 0 unspecified atom stereocenters. The highest BCUT2D eigenvalue weighted by Gasteiger charge is 2.20. The second-order valence-electron chi connectivity index (χ2n) is 11.5. The Bertz CT molecular complexity index is 1820. The number of rotatable bonds is 5. The number of carbonyl (C=O) groups excluding carboxylic acids is 3. The second-order valence-corrected chi connectivity index (χ2v) is 11.5. The van der Waals surface area contributed by atoms with E-state index in [1.165, 1.54) is 12.1 Å². The summed E-state index contributed by atoms with van der Waals surface area (Å²) in [6.45, 7) is 3.92. The van der Waals surface area contributed by atoms with Crippen LogP contribution in [-0.4, -0.2) is 28.5 Å². The van der Waals surface area contributed by atoms with E-state index in [1.54, 1.807) is 36.4 Å². The molecule has 0 fully saturated rings. The Hall–Kier alpha value is -5.18. The molecule has 2 aliphatic rings. The van der Waals surface area contributed by atoms with Crippen molar-refractivity contribution in [1.29, 1.82) is 0 Å². The molecule has 0 saturated heterocycles. The van der Waals surface area contributed by atoms with Crippen LogP contribution < -0.4 is 11.1 Å². The van der Waals surface area contributed by atoms with E-state index in [4.69, 9.17) is 10.8 Å². The number of ketones is 2. The molecule has 0 heterocycles. The molecule has 4 aromatic carbocycles. The molecule has 0 bridgehead atoms. The minimum absolute atomic E-state index is 0.130. The average Bonchev–Trinajstić information content (AvgIpc) is 3.06. The lowest BCUT2D eigenvalue weighted by Crippen LogP contribution is -2.18. The molecule has 0 radical (unpaired) electrons. The second kappa shape index (κ2) is 15.9. The minimum Gasteiger partial charge on any atom is -0.478 e. The van der Waals surface area contributed by atoms with Crippen molar-refractivity contribution >= 4 is 34.8 Å². The Balaban J connectivity index is 0.000000176. The predicted octanol–water partition coefficient (Wildman–Crippen LogP) is 7.11. The zero-order valence-electron chi connectivity index (χ0n) is 26.5. The van der Waals surface area contributed by atoms with Gasteiger partial charge in [0.05, 0.1) is 16.9 Å². The van der Waals surface area contributed by atoms with Gasteiger partial charge in [0.25, 0.3) is 5.91 Å². The summed E-state index contributed by atoms with van der Waals surface area (Å²) < 4.78 is 27.2. The minimum atomic E-state index is -0.845. The maximum Gasteiger partial charge on any atom is 0.335 e. The molecular weight excluding hydrogens is 602 g/mol. The number of aromatic carboxylic acids is 1. The van der Waals surface area contributed by atoms with Crippen molar-refractivity contribution in [3.63, 3.8) is 0 Å².